The maximum atomic E-state index is 10.7. The standard InChI is InChI=1S/C19H19IN4O/c1-12-17(14-6-8-15(20)9-7-14)21-22-18(12)19(25)23-24-11-10-13-4-2-3-5-16(13)24/h2-9,19,23,25H,10-11H2,1H3,(H,21,22). The first-order valence-corrected chi connectivity index (χ1v) is 9.32. The summed E-state index contributed by atoms with van der Waals surface area (Å²) in [6.07, 6.45) is 0.141. The second-order valence-corrected chi connectivity index (χ2v) is 7.43. The Morgan fingerprint density at radius 1 is 1.20 bits per heavy atom. The van der Waals surface area contributed by atoms with E-state index in [4.69, 9.17) is 0 Å². The van der Waals surface area contributed by atoms with Crippen LogP contribution in [0.15, 0.2) is 48.5 Å². The highest BCUT2D eigenvalue weighted by molar-refractivity contribution is 14.1. The van der Waals surface area contributed by atoms with Gasteiger partial charge >= 0.3 is 0 Å². The lowest BCUT2D eigenvalue weighted by atomic mass is 10.1. The number of hydrogen-bond acceptors (Lipinski definition) is 4. The minimum atomic E-state index is -0.837. The Kier molecular flexibility index (Phi) is 4.49. The summed E-state index contributed by atoms with van der Waals surface area (Å²) in [7, 11) is 0. The van der Waals surface area contributed by atoms with Crippen molar-refractivity contribution in [2.75, 3.05) is 11.6 Å². The van der Waals surface area contributed by atoms with Gasteiger partial charge < -0.3 is 10.1 Å². The first-order chi connectivity index (χ1) is 12.1. The monoisotopic (exact) mass is 446 g/mol. The molecular weight excluding hydrogens is 427 g/mol. The number of fused-ring (bicyclic) bond motifs is 1. The third-order valence-corrected chi connectivity index (χ3v) is 5.32. The number of hydrazine groups is 1. The molecule has 1 aromatic heterocycles. The molecule has 1 aliphatic heterocycles. The maximum Gasteiger partial charge on any atom is 0.164 e. The van der Waals surface area contributed by atoms with E-state index in [9.17, 15) is 5.11 Å². The molecule has 5 nitrogen and oxygen atoms in total. The Labute approximate surface area is 160 Å². The van der Waals surface area contributed by atoms with Crippen molar-refractivity contribution in [1.29, 1.82) is 0 Å². The first-order valence-electron chi connectivity index (χ1n) is 8.24. The Bertz CT molecular complexity index is 891. The van der Waals surface area contributed by atoms with Gasteiger partial charge in [-0.3, -0.25) is 5.10 Å². The van der Waals surface area contributed by atoms with Crippen LogP contribution in [-0.4, -0.2) is 21.8 Å². The highest BCUT2D eigenvalue weighted by Crippen LogP contribution is 2.29. The molecular formula is C19H19IN4O. The summed E-state index contributed by atoms with van der Waals surface area (Å²) in [4.78, 5) is 0. The van der Waals surface area contributed by atoms with E-state index >= 15 is 0 Å². The van der Waals surface area contributed by atoms with Crippen LogP contribution < -0.4 is 10.4 Å². The largest absolute Gasteiger partial charge is 0.371 e. The number of aliphatic hydroxyl groups excluding tert-OH is 1. The van der Waals surface area contributed by atoms with Crippen LogP contribution in [0.5, 0.6) is 0 Å². The molecule has 0 spiro atoms. The molecule has 2 heterocycles. The van der Waals surface area contributed by atoms with Crippen LogP contribution in [-0.2, 0) is 6.42 Å². The van der Waals surface area contributed by atoms with Gasteiger partial charge in [-0.15, -0.1) is 0 Å². The average Bonchev–Trinajstić information content (AvgIpc) is 3.20. The zero-order valence-electron chi connectivity index (χ0n) is 13.8. The van der Waals surface area contributed by atoms with E-state index in [1.165, 1.54) is 9.13 Å². The number of aromatic nitrogens is 2. The number of halogens is 1. The van der Waals surface area contributed by atoms with E-state index in [2.05, 4.69) is 62.5 Å². The highest BCUT2D eigenvalue weighted by atomic mass is 127. The molecule has 6 heteroatoms. The second kappa shape index (κ2) is 6.78. The topological polar surface area (TPSA) is 64.2 Å². The van der Waals surface area contributed by atoms with Crippen molar-refractivity contribution in [3.63, 3.8) is 0 Å². The van der Waals surface area contributed by atoms with Gasteiger partial charge in [0, 0.05) is 21.2 Å². The summed E-state index contributed by atoms with van der Waals surface area (Å²) in [5.74, 6) is 0. The van der Waals surface area contributed by atoms with E-state index in [-0.39, 0.29) is 0 Å². The minimum absolute atomic E-state index is 0.693. The zero-order chi connectivity index (χ0) is 17.4. The predicted molar refractivity (Wildman–Crippen MR) is 107 cm³/mol. The Morgan fingerprint density at radius 2 is 1.96 bits per heavy atom. The van der Waals surface area contributed by atoms with Crippen molar-refractivity contribution in [3.8, 4) is 11.3 Å². The van der Waals surface area contributed by atoms with Gasteiger partial charge in [0.05, 0.1) is 17.1 Å². The summed E-state index contributed by atoms with van der Waals surface area (Å²) in [5.41, 5.74) is 9.15. The van der Waals surface area contributed by atoms with Gasteiger partial charge in [0.2, 0.25) is 0 Å². The van der Waals surface area contributed by atoms with E-state index in [0.29, 0.717) is 5.69 Å². The molecule has 0 aliphatic carbocycles. The summed E-state index contributed by atoms with van der Waals surface area (Å²) < 4.78 is 1.18. The number of aliphatic hydroxyl groups is 1. The molecule has 2 aromatic carbocycles. The molecule has 3 aromatic rings. The fourth-order valence-corrected chi connectivity index (χ4v) is 3.61. The van der Waals surface area contributed by atoms with Crippen LogP contribution in [0.3, 0.4) is 0 Å². The number of para-hydroxylation sites is 1. The highest BCUT2D eigenvalue weighted by Gasteiger charge is 2.23. The smallest absolute Gasteiger partial charge is 0.164 e. The first kappa shape index (κ1) is 16.6. The quantitative estimate of drug-likeness (QED) is 0.424. The molecule has 0 saturated carbocycles. The molecule has 0 radical (unpaired) electrons. The Morgan fingerprint density at radius 3 is 2.76 bits per heavy atom. The van der Waals surface area contributed by atoms with Crippen LogP contribution in [0, 0.1) is 10.5 Å². The Balaban J connectivity index is 1.55. The molecule has 4 rings (SSSR count). The van der Waals surface area contributed by atoms with Gasteiger partial charge in [0.15, 0.2) is 6.23 Å². The third-order valence-electron chi connectivity index (χ3n) is 4.60. The van der Waals surface area contributed by atoms with E-state index in [1.807, 2.05) is 36.2 Å². The molecule has 0 fully saturated rings. The van der Waals surface area contributed by atoms with E-state index < -0.39 is 6.23 Å². The molecule has 1 aliphatic rings. The normalized spacial score (nSPS) is 14.6. The Hall–Kier alpha value is -1.90. The summed E-state index contributed by atoms with van der Waals surface area (Å²) in [6, 6.07) is 16.5. The van der Waals surface area contributed by atoms with E-state index in [1.54, 1.807) is 0 Å². The van der Waals surface area contributed by atoms with Crippen LogP contribution in [0.1, 0.15) is 23.0 Å². The van der Waals surface area contributed by atoms with Gasteiger partial charge in [-0.1, -0.05) is 30.3 Å². The van der Waals surface area contributed by atoms with Crippen LogP contribution in [0.25, 0.3) is 11.3 Å². The fourth-order valence-electron chi connectivity index (χ4n) is 3.25. The van der Waals surface area contributed by atoms with E-state index in [0.717, 1.165) is 35.5 Å². The van der Waals surface area contributed by atoms with Gasteiger partial charge in [0.1, 0.15) is 0 Å². The van der Waals surface area contributed by atoms with Gasteiger partial charge in [-0.05, 0) is 59.7 Å². The lowest BCUT2D eigenvalue weighted by Crippen LogP contribution is -2.39. The number of hydrogen-bond donors (Lipinski definition) is 3. The molecule has 1 unspecified atom stereocenters. The number of nitrogens with one attached hydrogen (secondary N) is 2. The molecule has 0 bridgehead atoms. The van der Waals surface area contributed by atoms with Crippen molar-refractivity contribution < 1.29 is 5.11 Å². The third kappa shape index (κ3) is 3.17. The average molecular weight is 446 g/mol. The number of H-pyrrole nitrogens is 1. The van der Waals surface area contributed by atoms with Gasteiger partial charge in [-0.2, -0.15) is 5.10 Å². The second-order valence-electron chi connectivity index (χ2n) is 6.18. The number of anilines is 1. The molecule has 1 atom stereocenters. The SMILES string of the molecule is Cc1c(-c2ccc(I)cc2)n[nH]c1C(O)NN1CCc2ccccc21. The lowest BCUT2D eigenvalue weighted by Gasteiger charge is -2.24. The van der Waals surface area contributed by atoms with Crippen molar-refractivity contribution >= 4 is 28.3 Å². The zero-order valence-corrected chi connectivity index (χ0v) is 16.0. The number of benzene rings is 2. The number of aromatic amines is 1. The molecule has 0 saturated heterocycles. The molecule has 3 N–H and O–H groups in total. The lowest BCUT2D eigenvalue weighted by molar-refractivity contribution is 0.130. The van der Waals surface area contributed by atoms with Crippen molar-refractivity contribution in [2.24, 2.45) is 0 Å². The molecule has 128 valence electrons. The fraction of sp³-hybridized carbons (Fsp3) is 0.211. The molecule has 0 amide bonds. The minimum Gasteiger partial charge on any atom is -0.371 e. The molecule has 25 heavy (non-hydrogen) atoms. The van der Waals surface area contributed by atoms with Crippen molar-refractivity contribution in [1.82, 2.24) is 15.6 Å². The number of nitrogens with zero attached hydrogens (tertiary/aromatic N) is 2. The van der Waals surface area contributed by atoms with Crippen LogP contribution in [0.2, 0.25) is 0 Å². The van der Waals surface area contributed by atoms with Crippen LogP contribution in [0.4, 0.5) is 5.69 Å². The van der Waals surface area contributed by atoms with Crippen molar-refractivity contribution in [3.05, 3.63) is 68.9 Å². The van der Waals surface area contributed by atoms with Crippen LogP contribution >= 0.6 is 22.6 Å². The summed E-state index contributed by atoms with van der Waals surface area (Å²) in [6.45, 7) is 2.82. The summed E-state index contributed by atoms with van der Waals surface area (Å²) in [5, 5.41) is 20.1. The summed E-state index contributed by atoms with van der Waals surface area (Å²) >= 11 is 2.28. The van der Waals surface area contributed by atoms with Gasteiger partial charge in [-0.25, -0.2) is 5.43 Å². The predicted octanol–water partition coefficient (Wildman–Crippen LogP) is 3.55. The van der Waals surface area contributed by atoms with Gasteiger partial charge in [0.25, 0.3) is 0 Å². The van der Waals surface area contributed by atoms with Crippen molar-refractivity contribution in [2.45, 2.75) is 19.6 Å². The number of rotatable bonds is 4. The maximum absolute atomic E-state index is 10.7.